The van der Waals surface area contributed by atoms with E-state index in [0.717, 1.165) is 29.9 Å². The van der Waals surface area contributed by atoms with Crippen LogP contribution in [-0.2, 0) is 10.9 Å². The van der Waals surface area contributed by atoms with Crippen molar-refractivity contribution < 1.29 is 8.94 Å². The van der Waals surface area contributed by atoms with Gasteiger partial charge in [0.2, 0.25) is 5.89 Å². The third-order valence-electron chi connectivity index (χ3n) is 5.64. The van der Waals surface area contributed by atoms with Crippen LogP contribution in [0.1, 0.15) is 37.8 Å². The summed E-state index contributed by atoms with van der Waals surface area (Å²) in [5, 5.41) is 2.42. The summed E-state index contributed by atoms with van der Waals surface area (Å²) in [6.07, 6.45) is 1.68. The molecule has 4 heteroatoms. The Balaban J connectivity index is 1.54. The Labute approximate surface area is 185 Å². The molecule has 0 radical (unpaired) electrons. The predicted molar refractivity (Wildman–Crippen MR) is 127 cm³/mol. The van der Waals surface area contributed by atoms with Crippen molar-refractivity contribution in [2.75, 3.05) is 0 Å². The predicted octanol–water partition coefficient (Wildman–Crippen LogP) is 6.42. The zero-order valence-electron chi connectivity index (χ0n) is 17.9. The van der Waals surface area contributed by atoms with Gasteiger partial charge in [0.25, 0.3) is 0 Å². The number of hydrogen-bond donors (Lipinski definition) is 0. The Morgan fingerprint density at radius 3 is 1.97 bits per heavy atom. The van der Waals surface area contributed by atoms with Gasteiger partial charge in [0.15, 0.2) is 0 Å². The van der Waals surface area contributed by atoms with E-state index in [2.05, 4.69) is 62.4 Å². The molecule has 156 valence electrons. The molecule has 0 bridgehead atoms. The fourth-order valence-electron chi connectivity index (χ4n) is 4.16. The molecular formula is C27H26NO2P. The number of nitrogens with zero attached hydrogens (tertiary/aromatic N) is 1. The second-order valence-electron chi connectivity index (χ2n) is 8.80. The van der Waals surface area contributed by atoms with E-state index in [9.17, 15) is 0 Å². The van der Waals surface area contributed by atoms with Gasteiger partial charge in [0.05, 0.1) is 8.15 Å². The Morgan fingerprint density at radius 2 is 1.39 bits per heavy atom. The Kier molecular flexibility index (Phi) is 5.48. The van der Waals surface area contributed by atoms with Crippen molar-refractivity contribution in [3.8, 4) is 11.5 Å². The molecule has 3 aromatic carbocycles. The molecule has 0 N–H and O–H groups in total. The van der Waals surface area contributed by atoms with Crippen molar-refractivity contribution in [3.63, 3.8) is 0 Å². The molecular weight excluding hydrogens is 401 g/mol. The van der Waals surface area contributed by atoms with Gasteiger partial charge < -0.3 is 8.94 Å². The zero-order chi connectivity index (χ0) is 21.3. The van der Waals surface area contributed by atoms with Crippen LogP contribution in [0.25, 0.3) is 11.5 Å². The second-order valence-corrected chi connectivity index (χ2v) is 10.6. The molecule has 0 saturated heterocycles. The number of oxazole rings is 1. The average Bonchev–Trinajstić information content (AvgIpc) is 3.22. The quantitative estimate of drug-likeness (QED) is 0.345. The van der Waals surface area contributed by atoms with E-state index in [-0.39, 0.29) is 11.5 Å². The summed E-state index contributed by atoms with van der Waals surface area (Å²) in [6.45, 7) is 4.56. The summed E-state index contributed by atoms with van der Waals surface area (Å²) in [6, 6.07) is 31.2. The van der Waals surface area contributed by atoms with E-state index < -0.39 is 8.15 Å². The minimum absolute atomic E-state index is 0.0829. The molecule has 1 aliphatic rings. The maximum Gasteiger partial charge on any atom is 0.226 e. The molecule has 0 unspecified atom stereocenters. The molecule has 3 nitrogen and oxygen atoms in total. The van der Waals surface area contributed by atoms with Crippen molar-refractivity contribution >= 4 is 18.8 Å². The molecule has 1 aliphatic carbocycles. The van der Waals surface area contributed by atoms with Gasteiger partial charge in [-0.25, -0.2) is 4.98 Å². The molecule has 0 spiro atoms. The number of hydrogen-bond acceptors (Lipinski definition) is 3. The lowest BCUT2D eigenvalue weighted by Gasteiger charge is -2.35. The van der Waals surface area contributed by atoms with Gasteiger partial charge in [-0.2, -0.15) is 0 Å². The van der Waals surface area contributed by atoms with Crippen LogP contribution in [0.3, 0.4) is 0 Å². The first-order chi connectivity index (χ1) is 15.1. The van der Waals surface area contributed by atoms with Crippen LogP contribution in [0.5, 0.6) is 0 Å². The van der Waals surface area contributed by atoms with Crippen LogP contribution in [0.4, 0.5) is 0 Å². The Bertz CT molecular complexity index is 1100. The fourth-order valence-corrected chi connectivity index (χ4v) is 6.02. The maximum absolute atomic E-state index is 6.92. The third-order valence-corrected chi connectivity index (χ3v) is 7.64. The van der Waals surface area contributed by atoms with E-state index in [1.165, 1.54) is 10.6 Å². The molecule has 0 amide bonds. The summed E-state index contributed by atoms with van der Waals surface area (Å²) >= 11 is 0. The molecule has 0 fully saturated rings. The molecule has 1 heterocycles. The summed E-state index contributed by atoms with van der Waals surface area (Å²) < 4.78 is 13.2. The highest BCUT2D eigenvalue weighted by atomic mass is 31.1. The molecule has 1 atom stereocenters. The van der Waals surface area contributed by atoms with Crippen LogP contribution < -0.4 is 10.6 Å². The largest absolute Gasteiger partial charge is 0.441 e. The molecule has 31 heavy (non-hydrogen) atoms. The van der Waals surface area contributed by atoms with Crippen molar-refractivity contribution in [1.82, 2.24) is 4.98 Å². The normalized spacial score (nSPS) is 17.5. The average molecular weight is 427 g/mol. The van der Waals surface area contributed by atoms with Crippen LogP contribution in [0, 0.1) is 5.41 Å². The van der Waals surface area contributed by atoms with Crippen LogP contribution in [-0.4, -0.2) is 4.98 Å². The second kappa shape index (κ2) is 8.42. The standard InChI is InChI=1S/C27H26NO2P/c1-27(2)18-23-25(28-26(29-23)20-12-6-3-7-13-20)24(19-27)30-31(21-14-8-4-9-15-21)22-16-10-5-11-17-22/h3-17,24H,18-19H2,1-2H3/t24-/m0/s1. The van der Waals surface area contributed by atoms with Crippen molar-refractivity contribution in [2.45, 2.75) is 32.8 Å². The Hall–Kier alpha value is -2.74. The minimum atomic E-state index is -0.966. The molecule has 0 saturated carbocycles. The topological polar surface area (TPSA) is 35.3 Å². The summed E-state index contributed by atoms with van der Waals surface area (Å²) in [7, 11) is -0.966. The molecule has 4 aromatic rings. The highest BCUT2D eigenvalue weighted by molar-refractivity contribution is 7.68. The summed E-state index contributed by atoms with van der Waals surface area (Å²) in [4.78, 5) is 4.93. The lowest BCUT2D eigenvalue weighted by atomic mass is 9.77. The van der Waals surface area contributed by atoms with Gasteiger partial charge in [0.1, 0.15) is 17.6 Å². The number of rotatable bonds is 5. The van der Waals surface area contributed by atoms with Crippen LogP contribution in [0.2, 0.25) is 0 Å². The molecule has 1 aromatic heterocycles. The number of aromatic nitrogens is 1. The van der Waals surface area contributed by atoms with E-state index >= 15 is 0 Å². The first-order valence-electron chi connectivity index (χ1n) is 10.7. The monoisotopic (exact) mass is 427 g/mol. The number of benzene rings is 3. The van der Waals surface area contributed by atoms with Crippen molar-refractivity contribution in [1.29, 1.82) is 0 Å². The van der Waals surface area contributed by atoms with E-state index in [1.807, 2.05) is 42.5 Å². The first kappa shape index (κ1) is 20.2. The smallest absolute Gasteiger partial charge is 0.226 e. The van der Waals surface area contributed by atoms with Gasteiger partial charge in [-0.3, -0.25) is 0 Å². The SMILES string of the molecule is CC1(C)Cc2oc(-c3ccccc3)nc2[C@@H](OP(c2ccccc2)c2ccccc2)C1. The highest BCUT2D eigenvalue weighted by Crippen LogP contribution is 2.49. The maximum atomic E-state index is 6.92. The van der Waals surface area contributed by atoms with Gasteiger partial charge in [0, 0.05) is 22.6 Å². The van der Waals surface area contributed by atoms with Gasteiger partial charge in [-0.1, -0.05) is 92.7 Å². The van der Waals surface area contributed by atoms with E-state index in [0.29, 0.717) is 5.89 Å². The van der Waals surface area contributed by atoms with Gasteiger partial charge in [-0.05, 0) is 24.0 Å². The Morgan fingerprint density at radius 1 is 0.839 bits per heavy atom. The van der Waals surface area contributed by atoms with Gasteiger partial charge >= 0.3 is 0 Å². The number of fused-ring (bicyclic) bond motifs is 1. The summed E-state index contributed by atoms with van der Waals surface area (Å²) in [5.41, 5.74) is 2.04. The fraction of sp³-hybridized carbons (Fsp3) is 0.222. The third kappa shape index (κ3) is 4.35. The van der Waals surface area contributed by atoms with E-state index in [4.69, 9.17) is 13.9 Å². The molecule has 0 aliphatic heterocycles. The first-order valence-corrected chi connectivity index (χ1v) is 12.0. The van der Waals surface area contributed by atoms with Crippen LogP contribution in [0.15, 0.2) is 95.4 Å². The summed E-state index contributed by atoms with van der Waals surface area (Å²) in [5.74, 6) is 1.64. The minimum Gasteiger partial charge on any atom is -0.441 e. The van der Waals surface area contributed by atoms with Crippen LogP contribution >= 0.6 is 8.15 Å². The molecule has 5 rings (SSSR count). The zero-order valence-corrected chi connectivity index (χ0v) is 18.8. The van der Waals surface area contributed by atoms with E-state index in [1.54, 1.807) is 0 Å². The highest BCUT2D eigenvalue weighted by Gasteiger charge is 2.39. The van der Waals surface area contributed by atoms with Crippen molar-refractivity contribution in [3.05, 3.63) is 102 Å². The lowest BCUT2D eigenvalue weighted by Crippen LogP contribution is -2.27. The van der Waals surface area contributed by atoms with Crippen molar-refractivity contribution in [2.24, 2.45) is 5.41 Å². The van der Waals surface area contributed by atoms with Gasteiger partial charge in [-0.15, -0.1) is 0 Å². The lowest BCUT2D eigenvalue weighted by molar-refractivity contribution is 0.126.